The molecule has 0 unspecified atom stereocenters. The van der Waals surface area contributed by atoms with Crippen molar-refractivity contribution in [2.75, 3.05) is 27.9 Å². The average Bonchev–Trinajstić information content (AvgIpc) is 3.21. The third kappa shape index (κ3) is 3.00. The van der Waals surface area contributed by atoms with Gasteiger partial charge in [-0.3, -0.25) is 4.79 Å². The average molecular weight is 317 g/mol. The minimum Gasteiger partial charge on any atom is -0.496 e. The van der Waals surface area contributed by atoms with Crippen LogP contribution in [0.3, 0.4) is 0 Å². The molecule has 1 N–H and O–H groups in total. The molecule has 0 heterocycles. The Balaban J connectivity index is 1.72. The summed E-state index contributed by atoms with van der Waals surface area (Å²) in [5.41, 5.74) is 0.462. The second-order valence-corrected chi connectivity index (χ2v) is 6.16. The number of rotatable bonds is 6. The highest BCUT2D eigenvalue weighted by atomic mass is 16.5. The van der Waals surface area contributed by atoms with E-state index < -0.39 is 0 Å². The van der Waals surface area contributed by atoms with Gasteiger partial charge in [0.05, 0.1) is 26.9 Å². The fraction of sp³-hybridized carbons (Fsp3) is 0.500. The molecule has 0 spiro atoms. The first-order valence-electron chi connectivity index (χ1n) is 7.92. The number of carbonyl (C=O) groups is 1. The maximum Gasteiger partial charge on any atom is 0.255 e. The summed E-state index contributed by atoms with van der Waals surface area (Å²) >= 11 is 0. The number of allylic oxidation sites excluding steroid dienone is 2. The summed E-state index contributed by atoms with van der Waals surface area (Å²) in [5, 5.41) is 3.04. The first-order chi connectivity index (χ1) is 11.2. The van der Waals surface area contributed by atoms with Gasteiger partial charge in [-0.25, -0.2) is 0 Å². The van der Waals surface area contributed by atoms with Crippen LogP contribution in [-0.4, -0.2) is 33.8 Å². The first-order valence-corrected chi connectivity index (χ1v) is 7.92. The van der Waals surface area contributed by atoms with Crippen molar-refractivity contribution in [1.29, 1.82) is 0 Å². The van der Waals surface area contributed by atoms with Gasteiger partial charge in [-0.05, 0) is 30.6 Å². The van der Waals surface area contributed by atoms with Crippen LogP contribution < -0.4 is 19.5 Å². The number of ether oxygens (including phenoxy) is 3. The molecule has 0 radical (unpaired) electrons. The van der Waals surface area contributed by atoms with Gasteiger partial charge in [-0.2, -0.15) is 0 Å². The number of hydrogen-bond acceptors (Lipinski definition) is 4. The van der Waals surface area contributed by atoms with Crippen LogP contribution in [0, 0.1) is 17.8 Å². The van der Waals surface area contributed by atoms with Crippen molar-refractivity contribution in [1.82, 2.24) is 5.32 Å². The number of methoxy groups -OCH3 is 3. The molecule has 2 aliphatic carbocycles. The van der Waals surface area contributed by atoms with E-state index in [9.17, 15) is 4.79 Å². The number of fused-ring (bicyclic) bond motifs is 2. The molecule has 1 aromatic carbocycles. The van der Waals surface area contributed by atoms with Crippen molar-refractivity contribution < 1.29 is 19.0 Å². The quantitative estimate of drug-likeness (QED) is 0.820. The molecular weight excluding hydrogens is 294 g/mol. The summed E-state index contributed by atoms with van der Waals surface area (Å²) in [6, 6.07) is 3.34. The van der Waals surface area contributed by atoms with Crippen LogP contribution in [0.4, 0.5) is 0 Å². The van der Waals surface area contributed by atoms with Gasteiger partial charge in [-0.1, -0.05) is 12.2 Å². The highest BCUT2D eigenvalue weighted by molar-refractivity contribution is 5.97. The zero-order valence-electron chi connectivity index (χ0n) is 13.8. The van der Waals surface area contributed by atoms with E-state index >= 15 is 0 Å². The highest BCUT2D eigenvalue weighted by Gasteiger charge is 2.35. The number of hydrogen-bond donors (Lipinski definition) is 1. The number of benzene rings is 1. The van der Waals surface area contributed by atoms with E-state index in [1.54, 1.807) is 33.5 Å². The fourth-order valence-electron chi connectivity index (χ4n) is 3.65. The Bertz CT molecular complexity index is 626. The Morgan fingerprint density at radius 1 is 1.04 bits per heavy atom. The van der Waals surface area contributed by atoms with E-state index in [2.05, 4.69) is 17.5 Å². The van der Waals surface area contributed by atoms with Crippen molar-refractivity contribution in [2.24, 2.45) is 17.8 Å². The summed E-state index contributed by atoms with van der Waals surface area (Å²) < 4.78 is 15.8. The van der Waals surface area contributed by atoms with Gasteiger partial charge in [-0.15, -0.1) is 0 Å². The summed E-state index contributed by atoms with van der Waals surface area (Å²) in [6.07, 6.45) is 7.01. The second-order valence-electron chi connectivity index (χ2n) is 6.16. The zero-order chi connectivity index (χ0) is 16.4. The molecule has 0 saturated heterocycles. The van der Waals surface area contributed by atoms with E-state index in [1.807, 2.05) is 0 Å². The molecule has 1 saturated carbocycles. The molecule has 23 heavy (non-hydrogen) atoms. The standard InChI is InChI=1S/C18H23NO4/c1-21-15-9-17(23-3)16(22-2)8-14(15)18(20)19-10-13-7-11-4-5-12(13)6-11/h4-5,8-9,11-13H,6-7,10H2,1-3H3,(H,19,20)/t11-,12-,13+/m0/s1. The molecule has 0 aromatic heterocycles. The molecule has 0 aliphatic heterocycles. The van der Waals surface area contributed by atoms with Gasteiger partial charge in [0.1, 0.15) is 5.75 Å². The van der Waals surface area contributed by atoms with Gasteiger partial charge < -0.3 is 19.5 Å². The second kappa shape index (κ2) is 6.52. The van der Waals surface area contributed by atoms with Crippen LogP contribution in [0.5, 0.6) is 17.2 Å². The molecule has 5 nitrogen and oxygen atoms in total. The van der Waals surface area contributed by atoms with E-state index in [0.717, 1.165) is 0 Å². The Hall–Kier alpha value is -2.17. The van der Waals surface area contributed by atoms with Crippen LogP contribution >= 0.6 is 0 Å². The molecule has 1 amide bonds. The zero-order valence-corrected chi connectivity index (χ0v) is 13.8. The van der Waals surface area contributed by atoms with Gasteiger partial charge >= 0.3 is 0 Å². The molecule has 1 aromatic rings. The Kier molecular flexibility index (Phi) is 4.46. The van der Waals surface area contributed by atoms with E-state index in [4.69, 9.17) is 14.2 Å². The summed E-state index contributed by atoms with van der Waals surface area (Å²) in [5.74, 6) is 3.26. The summed E-state index contributed by atoms with van der Waals surface area (Å²) in [4.78, 5) is 12.5. The molecule has 3 rings (SSSR count). The minimum absolute atomic E-state index is 0.144. The van der Waals surface area contributed by atoms with Crippen LogP contribution in [0.1, 0.15) is 23.2 Å². The normalized spacial score (nSPS) is 24.6. The van der Waals surface area contributed by atoms with E-state index in [-0.39, 0.29) is 5.91 Å². The summed E-state index contributed by atoms with van der Waals surface area (Å²) in [7, 11) is 4.64. The predicted molar refractivity (Wildman–Crippen MR) is 87.3 cm³/mol. The number of nitrogens with one attached hydrogen (secondary N) is 1. The van der Waals surface area contributed by atoms with Crippen molar-refractivity contribution in [3.05, 3.63) is 29.8 Å². The topological polar surface area (TPSA) is 56.8 Å². The Morgan fingerprint density at radius 3 is 2.30 bits per heavy atom. The molecule has 1 fully saturated rings. The van der Waals surface area contributed by atoms with Gasteiger partial charge in [0.2, 0.25) is 0 Å². The van der Waals surface area contributed by atoms with Crippen LogP contribution in [0.25, 0.3) is 0 Å². The molecule has 2 bridgehead atoms. The lowest BCUT2D eigenvalue weighted by atomic mass is 9.93. The molecular formula is C18H23NO4. The lowest BCUT2D eigenvalue weighted by molar-refractivity contribution is 0.0941. The van der Waals surface area contributed by atoms with Gasteiger partial charge in [0.25, 0.3) is 5.91 Å². The minimum atomic E-state index is -0.144. The maximum absolute atomic E-state index is 12.5. The number of amides is 1. The lowest BCUT2D eigenvalue weighted by Gasteiger charge is -2.19. The van der Waals surface area contributed by atoms with Gasteiger partial charge in [0.15, 0.2) is 11.5 Å². The van der Waals surface area contributed by atoms with Crippen LogP contribution in [0.2, 0.25) is 0 Å². The lowest BCUT2D eigenvalue weighted by Crippen LogP contribution is -2.31. The van der Waals surface area contributed by atoms with Crippen molar-refractivity contribution in [3.63, 3.8) is 0 Å². The summed E-state index contributed by atoms with van der Waals surface area (Å²) in [6.45, 7) is 0.696. The molecule has 124 valence electrons. The molecule has 5 heteroatoms. The smallest absolute Gasteiger partial charge is 0.255 e. The van der Waals surface area contributed by atoms with Crippen LogP contribution in [0.15, 0.2) is 24.3 Å². The predicted octanol–water partition coefficient (Wildman–Crippen LogP) is 2.65. The van der Waals surface area contributed by atoms with E-state index in [0.29, 0.717) is 47.1 Å². The SMILES string of the molecule is COc1cc(OC)c(C(=O)NC[C@H]2C[C@H]3C=C[C@H]2C3)cc1OC. The monoisotopic (exact) mass is 317 g/mol. The fourth-order valence-corrected chi connectivity index (χ4v) is 3.65. The number of carbonyl (C=O) groups excluding carboxylic acids is 1. The Labute approximate surface area is 136 Å². The van der Waals surface area contributed by atoms with Crippen molar-refractivity contribution in [2.45, 2.75) is 12.8 Å². The first kappa shape index (κ1) is 15.7. The molecule has 2 aliphatic rings. The van der Waals surface area contributed by atoms with Crippen molar-refractivity contribution in [3.8, 4) is 17.2 Å². The maximum atomic E-state index is 12.5. The van der Waals surface area contributed by atoms with E-state index in [1.165, 1.54) is 12.8 Å². The van der Waals surface area contributed by atoms with Gasteiger partial charge in [0, 0.05) is 18.7 Å². The highest BCUT2D eigenvalue weighted by Crippen LogP contribution is 2.43. The third-order valence-electron chi connectivity index (χ3n) is 4.89. The van der Waals surface area contributed by atoms with Crippen LogP contribution in [-0.2, 0) is 0 Å². The molecule has 3 atom stereocenters. The van der Waals surface area contributed by atoms with Crippen molar-refractivity contribution >= 4 is 5.91 Å². The third-order valence-corrected chi connectivity index (χ3v) is 4.89. The largest absolute Gasteiger partial charge is 0.496 e. The Morgan fingerprint density at radius 2 is 1.74 bits per heavy atom.